The van der Waals surface area contributed by atoms with Crippen LogP contribution in [0.4, 0.5) is 0 Å². The van der Waals surface area contributed by atoms with Crippen molar-refractivity contribution in [1.82, 2.24) is 10.2 Å². The van der Waals surface area contributed by atoms with E-state index < -0.39 is 5.97 Å². The molecule has 1 heterocycles. The second-order valence-corrected chi connectivity index (χ2v) is 4.74. The molecule has 100 valence electrons. The van der Waals surface area contributed by atoms with E-state index in [2.05, 4.69) is 11.2 Å². The monoisotopic (exact) mass is 252 g/mol. The normalized spacial score (nSPS) is 26.1. The van der Waals surface area contributed by atoms with Gasteiger partial charge in [-0.2, -0.15) is 0 Å². The molecule has 5 nitrogen and oxygen atoms in total. The summed E-state index contributed by atoms with van der Waals surface area (Å²) in [5, 5.41) is 11.6. The number of carboxylic acids is 1. The van der Waals surface area contributed by atoms with Gasteiger partial charge in [-0.05, 0) is 26.7 Å². The Balaban J connectivity index is 2.55. The lowest BCUT2D eigenvalue weighted by Crippen LogP contribution is -2.52. The summed E-state index contributed by atoms with van der Waals surface area (Å²) in [4.78, 5) is 24.8. The molecule has 0 spiro atoms. The van der Waals surface area contributed by atoms with E-state index in [-0.39, 0.29) is 30.5 Å². The Morgan fingerprint density at radius 2 is 2.28 bits per heavy atom. The molecular formula is C13H20N2O3. The van der Waals surface area contributed by atoms with E-state index in [1.54, 1.807) is 0 Å². The Morgan fingerprint density at radius 1 is 1.61 bits per heavy atom. The first-order chi connectivity index (χ1) is 8.47. The number of hydrogen-bond donors (Lipinski definition) is 2. The van der Waals surface area contributed by atoms with E-state index in [4.69, 9.17) is 11.5 Å². The maximum Gasteiger partial charge on any atom is 0.306 e. The van der Waals surface area contributed by atoms with Gasteiger partial charge in [0.2, 0.25) is 5.91 Å². The summed E-state index contributed by atoms with van der Waals surface area (Å²) < 4.78 is 0. The van der Waals surface area contributed by atoms with Crippen molar-refractivity contribution < 1.29 is 14.7 Å². The van der Waals surface area contributed by atoms with Crippen LogP contribution in [0.15, 0.2) is 0 Å². The van der Waals surface area contributed by atoms with Gasteiger partial charge >= 0.3 is 5.97 Å². The molecule has 1 saturated heterocycles. The molecule has 3 atom stereocenters. The van der Waals surface area contributed by atoms with Crippen LogP contribution in [0.1, 0.15) is 26.7 Å². The molecule has 1 fully saturated rings. The van der Waals surface area contributed by atoms with Crippen molar-refractivity contribution in [2.75, 3.05) is 13.1 Å². The van der Waals surface area contributed by atoms with E-state index in [0.717, 1.165) is 0 Å². The van der Waals surface area contributed by atoms with Crippen molar-refractivity contribution >= 4 is 11.9 Å². The number of likely N-dealkylation sites (tertiary alicyclic amines) is 1. The molecule has 0 radical (unpaired) electrons. The second kappa shape index (κ2) is 6.41. The van der Waals surface area contributed by atoms with Gasteiger partial charge < -0.3 is 10.4 Å². The number of carboxylic acid groups (broad SMARTS) is 1. The zero-order valence-corrected chi connectivity index (χ0v) is 10.8. The van der Waals surface area contributed by atoms with Crippen LogP contribution in [0.25, 0.3) is 0 Å². The molecule has 0 saturated carbocycles. The summed E-state index contributed by atoms with van der Waals surface area (Å²) in [7, 11) is 0. The third kappa shape index (κ3) is 3.47. The minimum Gasteiger partial charge on any atom is -0.481 e. The smallest absolute Gasteiger partial charge is 0.306 e. The molecule has 5 heteroatoms. The van der Waals surface area contributed by atoms with Gasteiger partial charge in [-0.1, -0.05) is 5.92 Å². The first-order valence-corrected chi connectivity index (χ1v) is 6.17. The summed E-state index contributed by atoms with van der Waals surface area (Å²) in [5.74, 6) is 1.22. The molecule has 0 aromatic rings. The topological polar surface area (TPSA) is 69.6 Å². The molecular weight excluding hydrogens is 232 g/mol. The zero-order valence-electron chi connectivity index (χ0n) is 10.8. The van der Waals surface area contributed by atoms with Crippen molar-refractivity contribution in [3.05, 3.63) is 0 Å². The molecule has 0 aliphatic carbocycles. The van der Waals surface area contributed by atoms with Crippen molar-refractivity contribution in [2.45, 2.75) is 38.8 Å². The van der Waals surface area contributed by atoms with Crippen LogP contribution in [0.2, 0.25) is 0 Å². The predicted octanol–water partition coefficient (Wildman–Crippen LogP) is 0.309. The SMILES string of the molecule is C#CCNC(=O)C(C)N1CCC(C(=O)O)CC1C. The minimum absolute atomic E-state index is 0.0893. The number of terminal acetylenes is 1. The number of aliphatic carboxylic acids is 1. The Kier molecular flexibility index (Phi) is 5.17. The summed E-state index contributed by atoms with van der Waals surface area (Å²) >= 11 is 0. The van der Waals surface area contributed by atoms with E-state index in [9.17, 15) is 9.59 Å². The number of piperidine rings is 1. The second-order valence-electron chi connectivity index (χ2n) is 4.74. The number of carbonyl (C=O) groups is 2. The van der Waals surface area contributed by atoms with Gasteiger partial charge in [0.05, 0.1) is 18.5 Å². The predicted molar refractivity (Wildman–Crippen MR) is 67.8 cm³/mol. The Morgan fingerprint density at radius 3 is 2.78 bits per heavy atom. The van der Waals surface area contributed by atoms with Gasteiger partial charge in [0, 0.05) is 12.6 Å². The van der Waals surface area contributed by atoms with Gasteiger partial charge in [-0.15, -0.1) is 6.42 Å². The van der Waals surface area contributed by atoms with Crippen LogP contribution in [-0.4, -0.2) is 47.1 Å². The lowest BCUT2D eigenvalue weighted by atomic mass is 9.90. The van der Waals surface area contributed by atoms with Gasteiger partial charge in [0.15, 0.2) is 0 Å². The van der Waals surface area contributed by atoms with Crippen molar-refractivity contribution in [3.63, 3.8) is 0 Å². The Labute approximate surface area is 108 Å². The molecule has 3 unspecified atom stereocenters. The average molecular weight is 252 g/mol. The van der Waals surface area contributed by atoms with Crippen LogP contribution in [0.3, 0.4) is 0 Å². The quantitative estimate of drug-likeness (QED) is 0.707. The maximum absolute atomic E-state index is 11.8. The van der Waals surface area contributed by atoms with Crippen LogP contribution in [-0.2, 0) is 9.59 Å². The van der Waals surface area contributed by atoms with Gasteiger partial charge in [-0.3, -0.25) is 14.5 Å². The average Bonchev–Trinajstić information content (AvgIpc) is 2.34. The van der Waals surface area contributed by atoms with Crippen molar-refractivity contribution in [3.8, 4) is 12.3 Å². The number of nitrogens with zero attached hydrogens (tertiary/aromatic N) is 1. The van der Waals surface area contributed by atoms with E-state index >= 15 is 0 Å². The van der Waals surface area contributed by atoms with Crippen molar-refractivity contribution in [2.24, 2.45) is 5.92 Å². The molecule has 1 aliphatic heterocycles. The summed E-state index contributed by atoms with van der Waals surface area (Å²) in [6.45, 7) is 4.63. The van der Waals surface area contributed by atoms with Gasteiger partial charge in [-0.25, -0.2) is 0 Å². The largest absolute Gasteiger partial charge is 0.481 e. The highest BCUT2D eigenvalue weighted by atomic mass is 16.4. The molecule has 1 aliphatic rings. The highest BCUT2D eigenvalue weighted by Gasteiger charge is 2.33. The van der Waals surface area contributed by atoms with Crippen LogP contribution in [0.5, 0.6) is 0 Å². The number of carbonyl (C=O) groups excluding carboxylic acids is 1. The summed E-state index contributed by atoms with van der Waals surface area (Å²) in [5.41, 5.74) is 0. The van der Waals surface area contributed by atoms with Crippen LogP contribution >= 0.6 is 0 Å². The fourth-order valence-corrected chi connectivity index (χ4v) is 2.43. The van der Waals surface area contributed by atoms with Gasteiger partial charge in [0.25, 0.3) is 0 Å². The standard InChI is InChI=1S/C13H20N2O3/c1-4-6-14-12(16)10(3)15-7-5-11(13(17)18)8-9(15)2/h1,9-11H,5-8H2,2-3H3,(H,14,16)(H,17,18). The Hall–Kier alpha value is -1.54. The van der Waals surface area contributed by atoms with E-state index in [0.29, 0.717) is 19.4 Å². The number of nitrogens with one attached hydrogen (secondary N) is 1. The first kappa shape index (κ1) is 14.5. The zero-order chi connectivity index (χ0) is 13.7. The highest BCUT2D eigenvalue weighted by molar-refractivity contribution is 5.81. The third-order valence-corrected chi connectivity index (χ3v) is 3.52. The highest BCUT2D eigenvalue weighted by Crippen LogP contribution is 2.24. The molecule has 1 amide bonds. The molecule has 18 heavy (non-hydrogen) atoms. The summed E-state index contributed by atoms with van der Waals surface area (Å²) in [6, 6.07) is -0.186. The van der Waals surface area contributed by atoms with Crippen LogP contribution in [0, 0.1) is 18.3 Å². The fraction of sp³-hybridized carbons (Fsp3) is 0.692. The number of hydrogen-bond acceptors (Lipinski definition) is 3. The lowest BCUT2D eigenvalue weighted by molar-refractivity contribution is -0.144. The molecule has 0 aromatic heterocycles. The first-order valence-electron chi connectivity index (χ1n) is 6.17. The van der Waals surface area contributed by atoms with Gasteiger partial charge in [0.1, 0.15) is 0 Å². The third-order valence-electron chi connectivity index (χ3n) is 3.52. The summed E-state index contributed by atoms with van der Waals surface area (Å²) in [6.07, 6.45) is 6.27. The molecule has 0 bridgehead atoms. The Bertz CT molecular complexity index is 362. The fourth-order valence-electron chi connectivity index (χ4n) is 2.43. The van der Waals surface area contributed by atoms with E-state index in [1.165, 1.54) is 0 Å². The van der Waals surface area contributed by atoms with Crippen LogP contribution < -0.4 is 5.32 Å². The number of rotatable bonds is 4. The molecule has 1 rings (SSSR count). The maximum atomic E-state index is 11.8. The van der Waals surface area contributed by atoms with E-state index in [1.807, 2.05) is 18.7 Å². The molecule has 2 N–H and O–H groups in total. The van der Waals surface area contributed by atoms with Crippen molar-refractivity contribution in [1.29, 1.82) is 0 Å². The minimum atomic E-state index is -0.745. The number of amides is 1. The molecule has 0 aromatic carbocycles. The lowest BCUT2D eigenvalue weighted by Gasteiger charge is -2.39.